The first-order valence-corrected chi connectivity index (χ1v) is 9.59. The van der Waals surface area contributed by atoms with Crippen LogP contribution in [0.15, 0.2) is 50.6 Å². The molecule has 2 N–H and O–H groups in total. The van der Waals surface area contributed by atoms with E-state index in [1.54, 1.807) is 31.2 Å². The summed E-state index contributed by atoms with van der Waals surface area (Å²) < 4.78 is 35.6. The van der Waals surface area contributed by atoms with Gasteiger partial charge in [0, 0.05) is 16.7 Å². The molecule has 0 radical (unpaired) electrons. The number of aromatic nitrogens is 2. The number of sulfonamides is 1. The van der Waals surface area contributed by atoms with Crippen LogP contribution in [0.2, 0.25) is 5.02 Å². The summed E-state index contributed by atoms with van der Waals surface area (Å²) in [7, 11) is -2.52. The molecule has 3 aromatic rings. The molecule has 27 heavy (non-hydrogen) atoms. The zero-order valence-corrected chi connectivity index (χ0v) is 15.8. The van der Waals surface area contributed by atoms with Crippen molar-refractivity contribution in [1.82, 2.24) is 20.2 Å². The van der Waals surface area contributed by atoms with Crippen LogP contribution < -0.4 is 10.0 Å². The van der Waals surface area contributed by atoms with Crippen molar-refractivity contribution in [2.24, 2.45) is 0 Å². The third kappa shape index (κ3) is 4.18. The summed E-state index contributed by atoms with van der Waals surface area (Å²) in [4.78, 5) is 16.5. The van der Waals surface area contributed by atoms with Crippen LogP contribution in [-0.2, 0) is 10.0 Å². The Balaban J connectivity index is 1.71. The summed E-state index contributed by atoms with van der Waals surface area (Å²) in [5.74, 6) is 0.00925. The number of halogens is 1. The lowest BCUT2D eigenvalue weighted by molar-refractivity contribution is 0.0937. The third-order valence-corrected chi connectivity index (χ3v) is 5.17. The number of hydrogen-bond donors (Lipinski definition) is 2. The highest BCUT2D eigenvalue weighted by Crippen LogP contribution is 2.21. The molecule has 1 amide bonds. The number of carbonyl (C=O) groups is 1. The molecule has 0 saturated heterocycles. The van der Waals surface area contributed by atoms with Crippen molar-refractivity contribution < 1.29 is 22.2 Å². The molecular weight excluding hydrogens is 396 g/mol. The zero-order chi connectivity index (χ0) is 19.6. The third-order valence-electron chi connectivity index (χ3n) is 3.64. The molecule has 0 saturated carbocycles. The number of nitrogens with one attached hydrogen (secondary N) is 2. The first-order valence-electron chi connectivity index (χ1n) is 7.72. The summed E-state index contributed by atoms with van der Waals surface area (Å²) in [5.41, 5.74) is 0.741. The average molecular weight is 411 g/mol. The van der Waals surface area contributed by atoms with E-state index in [9.17, 15) is 13.2 Å². The van der Waals surface area contributed by atoms with Crippen LogP contribution in [0.3, 0.4) is 0 Å². The van der Waals surface area contributed by atoms with Gasteiger partial charge in [-0.2, -0.15) is 4.98 Å². The minimum atomic E-state index is -3.77. The predicted molar refractivity (Wildman–Crippen MR) is 95.6 cm³/mol. The SMILES string of the molecule is CNS(=O)(=O)c1cc(C(=O)NC(C)c2noc(-c3ccc(Cl)cc3)n2)co1. The monoisotopic (exact) mass is 410 g/mol. The number of carbonyl (C=O) groups excluding carboxylic acids is 1. The Morgan fingerprint density at radius 1 is 1.26 bits per heavy atom. The molecule has 142 valence electrons. The average Bonchev–Trinajstić information content (AvgIpc) is 3.32. The van der Waals surface area contributed by atoms with Crippen molar-refractivity contribution in [2.45, 2.75) is 18.1 Å². The van der Waals surface area contributed by atoms with Crippen LogP contribution >= 0.6 is 11.6 Å². The van der Waals surface area contributed by atoms with E-state index in [1.165, 1.54) is 7.05 Å². The smallest absolute Gasteiger partial charge is 0.273 e. The van der Waals surface area contributed by atoms with Crippen molar-refractivity contribution in [3.05, 3.63) is 53.0 Å². The Bertz CT molecular complexity index is 1060. The Morgan fingerprint density at radius 3 is 2.63 bits per heavy atom. The van der Waals surface area contributed by atoms with E-state index in [0.717, 1.165) is 12.3 Å². The van der Waals surface area contributed by atoms with Gasteiger partial charge in [0.2, 0.25) is 5.09 Å². The summed E-state index contributed by atoms with van der Waals surface area (Å²) in [5, 5.41) is 6.73. The number of furan rings is 1. The van der Waals surface area contributed by atoms with Crippen LogP contribution in [0.5, 0.6) is 0 Å². The van der Waals surface area contributed by atoms with Crippen molar-refractivity contribution in [3.8, 4) is 11.5 Å². The van der Waals surface area contributed by atoms with E-state index in [-0.39, 0.29) is 22.4 Å². The topological polar surface area (TPSA) is 127 Å². The second-order valence-electron chi connectivity index (χ2n) is 5.52. The van der Waals surface area contributed by atoms with Gasteiger partial charge in [-0.05, 0) is 38.2 Å². The number of nitrogens with zero attached hydrogens (tertiary/aromatic N) is 2. The lowest BCUT2D eigenvalue weighted by Gasteiger charge is -2.08. The van der Waals surface area contributed by atoms with Crippen LogP contribution in [0.1, 0.15) is 29.1 Å². The van der Waals surface area contributed by atoms with Crippen LogP contribution in [0.4, 0.5) is 0 Å². The first-order chi connectivity index (χ1) is 12.8. The van der Waals surface area contributed by atoms with E-state index < -0.39 is 22.0 Å². The van der Waals surface area contributed by atoms with Gasteiger partial charge in [-0.25, -0.2) is 13.1 Å². The van der Waals surface area contributed by atoms with E-state index >= 15 is 0 Å². The molecular formula is C16H15ClN4O5S. The first kappa shape index (κ1) is 19.1. The molecule has 1 unspecified atom stereocenters. The fourth-order valence-electron chi connectivity index (χ4n) is 2.14. The molecule has 2 heterocycles. The Morgan fingerprint density at radius 2 is 1.96 bits per heavy atom. The van der Waals surface area contributed by atoms with Gasteiger partial charge in [0.15, 0.2) is 5.82 Å². The molecule has 0 bridgehead atoms. The molecule has 2 aromatic heterocycles. The van der Waals surface area contributed by atoms with Gasteiger partial charge in [-0.15, -0.1) is 0 Å². The fraction of sp³-hybridized carbons (Fsp3) is 0.188. The molecule has 11 heteroatoms. The van der Waals surface area contributed by atoms with E-state index in [0.29, 0.717) is 10.6 Å². The highest BCUT2D eigenvalue weighted by atomic mass is 35.5. The van der Waals surface area contributed by atoms with E-state index in [2.05, 4.69) is 20.2 Å². The number of hydrogen-bond acceptors (Lipinski definition) is 7. The van der Waals surface area contributed by atoms with Gasteiger partial charge in [0.25, 0.3) is 21.8 Å². The standard InChI is InChI=1S/C16H15ClN4O5S/c1-9(14-20-16(26-21-14)10-3-5-12(17)6-4-10)19-15(22)11-7-13(25-8-11)27(23,24)18-2/h3-9,18H,1-2H3,(H,19,22). The second-order valence-corrected chi connectivity index (χ2v) is 7.78. The highest BCUT2D eigenvalue weighted by Gasteiger charge is 2.22. The van der Waals surface area contributed by atoms with Crippen molar-refractivity contribution in [3.63, 3.8) is 0 Å². The van der Waals surface area contributed by atoms with E-state index in [1.807, 2.05) is 0 Å². The number of rotatable bonds is 6. The van der Waals surface area contributed by atoms with Gasteiger partial charge >= 0.3 is 0 Å². The number of amides is 1. The summed E-state index contributed by atoms with van der Waals surface area (Å²) in [6.45, 7) is 1.67. The molecule has 9 nitrogen and oxygen atoms in total. The van der Waals surface area contributed by atoms with Crippen LogP contribution in [0, 0.1) is 0 Å². The summed E-state index contributed by atoms with van der Waals surface area (Å²) in [6, 6.07) is 7.41. The van der Waals surface area contributed by atoms with Crippen molar-refractivity contribution in [1.29, 1.82) is 0 Å². The Hall–Kier alpha value is -2.69. The van der Waals surface area contributed by atoms with Crippen molar-refractivity contribution in [2.75, 3.05) is 7.05 Å². The molecule has 0 fully saturated rings. The largest absolute Gasteiger partial charge is 0.451 e. The Labute approximate surface area is 159 Å². The highest BCUT2D eigenvalue weighted by molar-refractivity contribution is 7.89. The lowest BCUT2D eigenvalue weighted by Crippen LogP contribution is -2.27. The normalized spacial score (nSPS) is 12.7. The minimum absolute atomic E-state index is 0.0529. The maximum atomic E-state index is 12.3. The summed E-state index contributed by atoms with van der Waals surface area (Å²) >= 11 is 5.85. The molecule has 1 atom stereocenters. The van der Waals surface area contributed by atoms with Crippen molar-refractivity contribution >= 4 is 27.5 Å². The minimum Gasteiger partial charge on any atom is -0.451 e. The molecule has 0 aliphatic heterocycles. The zero-order valence-electron chi connectivity index (χ0n) is 14.3. The molecule has 0 aliphatic carbocycles. The Kier molecular flexibility index (Phi) is 5.31. The molecule has 1 aromatic carbocycles. The molecule has 0 spiro atoms. The number of benzene rings is 1. The van der Waals surface area contributed by atoms with Gasteiger partial charge in [0.05, 0.1) is 11.6 Å². The lowest BCUT2D eigenvalue weighted by atomic mass is 10.2. The van der Waals surface area contributed by atoms with Gasteiger partial charge in [0.1, 0.15) is 6.26 Å². The second kappa shape index (κ2) is 7.51. The quantitative estimate of drug-likeness (QED) is 0.638. The van der Waals surface area contributed by atoms with E-state index in [4.69, 9.17) is 20.5 Å². The van der Waals surface area contributed by atoms with Gasteiger partial charge in [-0.1, -0.05) is 16.8 Å². The van der Waals surface area contributed by atoms with Crippen LogP contribution in [0.25, 0.3) is 11.5 Å². The van der Waals surface area contributed by atoms with Gasteiger partial charge < -0.3 is 14.3 Å². The fourth-order valence-corrected chi connectivity index (χ4v) is 2.93. The molecule has 0 aliphatic rings. The predicted octanol–water partition coefficient (Wildman–Crippen LogP) is 2.38. The van der Waals surface area contributed by atoms with Gasteiger partial charge in [-0.3, -0.25) is 4.79 Å². The maximum absolute atomic E-state index is 12.3. The van der Waals surface area contributed by atoms with Crippen LogP contribution in [-0.4, -0.2) is 31.5 Å². The molecule has 3 rings (SSSR count). The maximum Gasteiger partial charge on any atom is 0.273 e. The summed E-state index contributed by atoms with van der Waals surface area (Å²) in [6.07, 6.45) is 1.06.